The Bertz CT molecular complexity index is 989. The summed E-state index contributed by atoms with van der Waals surface area (Å²) in [6, 6.07) is 3.33. The smallest absolute Gasteiger partial charge is 0.218 e. The first-order valence-electron chi connectivity index (χ1n) is 10.4. The Morgan fingerprint density at radius 3 is 2.57 bits per heavy atom. The lowest BCUT2D eigenvalue weighted by Gasteiger charge is -2.44. The average Bonchev–Trinajstić information content (AvgIpc) is 3.23. The van der Waals surface area contributed by atoms with Crippen molar-refractivity contribution in [3.63, 3.8) is 0 Å². The van der Waals surface area contributed by atoms with Gasteiger partial charge in [0.1, 0.15) is 0 Å². The Balaban J connectivity index is 1.67. The third kappa shape index (κ3) is 2.45. The van der Waals surface area contributed by atoms with Crippen molar-refractivity contribution in [2.75, 3.05) is 0 Å². The zero-order valence-electron chi connectivity index (χ0n) is 16.6. The molecule has 3 aliphatic rings. The second-order valence-electron chi connectivity index (χ2n) is 9.05. The molecule has 4 heterocycles. The molecule has 2 atom stereocenters. The van der Waals surface area contributed by atoms with Crippen molar-refractivity contribution in [3.05, 3.63) is 47.0 Å². The van der Waals surface area contributed by atoms with Crippen LogP contribution in [0.1, 0.15) is 93.4 Å². The van der Waals surface area contributed by atoms with E-state index in [1.807, 2.05) is 12.1 Å². The fourth-order valence-corrected chi connectivity index (χ4v) is 8.05. The van der Waals surface area contributed by atoms with Crippen molar-refractivity contribution < 1.29 is 8.42 Å². The van der Waals surface area contributed by atoms with Crippen LogP contribution < -0.4 is 0 Å². The molecule has 1 aliphatic carbocycles. The van der Waals surface area contributed by atoms with E-state index >= 15 is 0 Å². The van der Waals surface area contributed by atoms with E-state index in [2.05, 4.69) is 29.0 Å². The summed E-state index contributed by atoms with van der Waals surface area (Å²) in [6.45, 7) is 4.21. The van der Waals surface area contributed by atoms with E-state index in [0.717, 1.165) is 61.0 Å². The van der Waals surface area contributed by atoms with Crippen LogP contribution in [0.5, 0.6) is 0 Å². The highest BCUT2D eigenvalue weighted by molar-refractivity contribution is 7.89. The minimum Gasteiger partial charge on any atom is -0.282 e. The topological polar surface area (TPSA) is 79.0 Å². The zero-order valence-corrected chi connectivity index (χ0v) is 17.4. The van der Waals surface area contributed by atoms with Gasteiger partial charge in [-0.1, -0.05) is 52.0 Å². The van der Waals surface area contributed by atoms with Gasteiger partial charge < -0.3 is 0 Å². The molecule has 0 spiro atoms. The zero-order chi connectivity index (χ0) is 19.5. The van der Waals surface area contributed by atoms with E-state index in [1.165, 1.54) is 6.42 Å². The molecule has 2 unspecified atom stereocenters. The third-order valence-electron chi connectivity index (χ3n) is 6.99. The van der Waals surface area contributed by atoms with E-state index in [0.29, 0.717) is 0 Å². The van der Waals surface area contributed by atoms with Crippen LogP contribution in [0.4, 0.5) is 0 Å². The van der Waals surface area contributed by atoms with E-state index in [-0.39, 0.29) is 17.3 Å². The molecule has 1 N–H and O–H groups in total. The Labute approximate surface area is 166 Å². The Kier molecular flexibility index (Phi) is 4.18. The van der Waals surface area contributed by atoms with Gasteiger partial charge in [-0.15, -0.1) is 0 Å². The first-order chi connectivity index (χ1) is 13.4. The molecule has 28 heavy (non-hydrogen) atoms. The molecule has 5 rings (SSSR count). The molecule has 2 bridgehead atoms. The van der Waals surface area contributed by atoms with Crippen molar-refractivity contribution >= 4 is 10.0 Å². The van der Waals surface area contributed by atoms with Crippen LogP contribution >= 0.6 is 0 Å². The molecule has 0 amide bonds. The van der Waals surface area contributed by atoms with E-state index in [1.54, 1.807) is 16.7 Å². The van der Waals surface area contributed by atoms with Gasteiger partial charge in [0.05, 0.1) is 29.2 Å². The average molecular weight is 401 g/mol. The minimum atomic E-state index is -3.47. The summed E-state index contributed by atoms with van der Waals surface area (Å²) in [6.07, 6.45) is 10.6. The summed E-state index contributed by atoms with van der Waals surface area (Å²) in [4.78, 5) is 4.66. The van der Waals surface area contributed by atoms with Crippen LogP contribution in [-0.4, -0.2) is 33.2 Å². The van der Waals surface area contributed by atoms with Crippen LogP contribution in [0, 0.1) is 0 Å². The monoisotopic (exact) mass is 400 g/mol. The standard InChI is InChI=1S/C21H28N4O2S/c1-21(2)19-16(13-23-24-19)18-15-11-8-12-22-17(15)20(21)25(18)28(26,27)14-9-6-4-3-5-7-10-14/h8,11-14,18,20H,3-7,9-10H2,1-2H3,(H,23,24). The van der Waals surface area contributed by atoms with Gasteiger partial charge in [-0.25, -0.2) is 8.42 Å². The number of nitrogens with zero attached hydrogens (tertiary/aromatic N) is 3. The molecule has 0 saturated heterocycles. The molecule has 6 nitrogen and oxygen atoms in total. The maximum absolute atomic E-state index is 14.0. The highest BCUT2D eigenvalue weighted by Crippen LogP contribution is 2.59. The number of sulfonamides is 1. The molecule has 2 aromatic heterocycles. The van der Waals surface area contributed by atoms with Crippen LogP contribution in [0.15, 0.2) is 24.5 Å². The largest absolute Gasteiger partial charge is 0.282 e. The van der Waals surface area contributed by atoms with Gasteiger partial charge in [-0.05, 0) is 24.5 Å². The van der Waals surface area contributed by atoms with E-state index in [9.17, 15) is 8.42 Å². The lowest BCUT2D eigenvalue weighted by Crippen LogP contribution is -2.49. The van der Waals surface area contributed by atoms with Gasteiger partial charge in [-0.3, -0.25) is 10.1 Å². The molecule has 7 heteroatoms. The number of H-pyrrole nitrogens is 1. The predicted molar refractivity (Wildman–Crippen MR) is 107 cm³/mol. The Hall–Kier alpha value is -1.73. The number of nitrogens with one attached hydrogen (secondary N) is 1. The Morgan fingerprint density at radius 2 is 1.82 bits per heavy atom. The molecular formula is C21H28N4O2S. The summed E-state index contributed by atoms with van der Waals surface area (Å²) in [5.74, 6) is 0. The van der Waals surface area contributed by atoms with Crippen molar-refractivity contribution in [2.45, 2.75) is 81.5 Å². The maximum atomic E-state index is 14.0. The second-order valence-corrected chi connectivity index (χ2v) is 11.2. The predicted octanol–water partition coefficient (Wildman–Crippen LogP) is 3.98. The third-order valence-corrected chi connectivity index (χ3v) is 9.32. The number of pyridine rings is 1. The lowest BCUT2D eigenvalue weighted by molar-refractivity contribution is 0.191. The van der Waals surface area contributed by atoms with Crippen LogP contribution in [-0.2, 0) is 15.4 Å². The van der Waals surface area contributed by atoms with Gasteiger partial charge in [0.2, 0.25) is 10.0 Å². The maximum Gasteiger partial charge on any atom is 0.218 e. The van der Waals surface area contributed by atoms with Crippen LogP contribution in [0.25, 0.3) is 0 Å². The lowest BCUT2D eigenvalue weighted by atomic mass is 9.77. The van der Waals surface area contributed by atoms with Gasteiger partial charge in [0, 0.05) is 22.9 Å². The van der Waals surface area contributed by atoms with Gasteiger partial charge in [-0.2, -0.15) is 9.40 Å². The van der Waals surface area contributed by atoms with Crippen molar-refractivity contribution in [1.29, 1.82) is 0 Å². The number of fused-ring (bicyclic) bond motifs is 7. The summed E-state index contributed by atoms with van der Waals surface area (Å²) < 4.78 is 29.8. The fourth-order valence-electron chi connectivity index (χ4n) is 5.60. The van der Waals surface area contributed by atoms with Gasteiger partial charge in [0.25, 0.3) is 0 Å². The van der Waals surface area contributed by atoms with Crippen molar-refractivity contribution in [3.8, 4) is 0 Å². The quantitative estimate of drug-likeness (QED) is 0.827. The Morgan fingerprint density at radius 1 is 1.11 bits per heavy atom. The first-order valence-corrected chi connectivity index (χ1v) is 12.0. The highest BCUT2D eigenvalue weighted by atomic mass is 32.2. The molecular weight excluding hydrogens is 372 g/mol. The molecule has 1 saturated carbocycles. The summed E-state index contributed by atoms with van der Waals surface area (Å²) in [5, 5.41) is 7.14. The van der Waals surface area contributed by atoms with Gasteiger partial charge >= 0.3 is 0 Å². The number of aromatic nitrogens is 3. The minimum absolute atomic E-state index is 0.294. The van der Waals surface area contributed by atoms with E-state index in [4.69, 9.17) is 0 Å². The first kappa shape index (κ1) is 18.3. The van der Waals surface area contributed by atoms with Crippen molar-refractivity contribution in [2.24, 2.45) is 0 Å². The van der Waals surface area contributed by atoms with Gasteiger partial charge in [0.15, 0.2) is 0 Å². The SMILES string of the molecule is CC1(C)c2[nH]ncc2C2c3cccnc3C1N2S(=O)(=O)C1CCCCCCC1. The number of hydrogen-bond acceptors (Lipinski definition) is 4. The highest BCUT2D eigenvalue weighted by Gasteiger charge is 2.59. The van der Waals surface area contributed by atoms with E-state index < -0.39 is 15.4 Å². The number of aromatic amines is 1. The fraction of sp³-hybridized carbons (Fsp3) is 0.619. The summed E-state index contributed by atoms with van der Waals surface area (Å²) in [7, 11) is -3.47. The van der Waals surface area contributed by atoms with Crippen molar-refractivity contribution in [1.82, 2.24) is 19.5 Å². The van der Waals surface area contributed by atoms with Crippen LogP contribution in [0.3, 0.4) is 0 Å². The molecule has 1 fully saturated rings. The van der Waals surface area contributed by atoms with Crippen LogP contribution in [0.2, 0.25) is 0 Å². The molecule has 0 aromatic carbocycles. The molecule has 0 radical (unpaired) electrons. The summed E-state index contributed by atoms with van der Waals surface area (Å²) in [5.41, 5.74) is 3.50. The molecule has 2 aromatic rings. The summed E-state index contributed by atoms with van der Waals surface area (Å²) >= 11 is 0. The molecule has 150 valence electrons. The second kappa shape index (κ2) is 6.39. The molecule has 2 aliphatic heterocycles. The normalized spacial score (nSPS) is 27.6. The number of hydrogen-bond donors (Lipinski definition) is 1. The number of rotatable bonds is 2.